The zero-order valence-electron chi connectivity index (χ0n) is 11.4. The lowest BCUT2D eigenvalue weighted by Gasteiger charge is -2.13. The summed E-state index contributed by atoms with van der Waals surface area (Å²) in [4.78, 5) is 11.9. The van der Waals surface area contributed by atoms with Crippen LogP contribution >= 0.6 is 0 Å². The number of nitrogens with one attached hydrogen (secondary N) is 2. The van der Waals surface area contributed by atoms with Crippen LogP contribution in [0.2, 0.25) is 0 Å². The van der Waals surface area contributed by atoms with Gasteiger partial charge < -0.3 is 15.4 Å². The molecule has 0 aliphatic heterocycles. The second-order valence-corrected chi connectivity index (χ2v) is 5.00. The molecule has 104 valence electrons. The van der Waals surface area contributed by atoms with Crippen LogP contribution in [-0.2, 0) is 16.1 Å². The van der Waals surface area contributed by atoms with E-state index in [1.165, 1.54) is 25.7 Å². The number of ether oxygens (including phenoxy) is 1. The molecule has 2 N–H and O–H groups in total. The van der Waals surface area contributed by atoms with Gasteiger partial charge in [-0.15, -0.1) is 0 Å². The SMILES string of the molecule is COCc1ccccc1NC(=O)CNC1CCCC1. The third-order valence-electron chi connectivity index (χ3n) is 3.50. The highest BCUT2D eigenvalue weighted by molar-refractivity contribution is 5.92. The third-order valence-corrected chi connectivity index (χ3v) is 3.50. The molecule has 1 aromatic carbocycles. The smallest absolute Gasteiger partial charge is 0.238 e. The van der Waals surface area contributed by atoms with Gasteiger partial charge in [0.05, 0.1) is 13.2 Å². The first-order valence-electron chi connectivity index (χ1n) is 6.89. The number of benzene rings is 1. The highest BCUT2D eigenvalue weighted by atomic mass is 16.5. The van der Waals surface area contributed by atoms with Gasteiger partial charge in [-0.25, -0.2) is 0 Å². The number of para-hydroxylation sites is 1. The Morgan fingerprint density at radius 3 is 2.79 bits per heavy atom. The molecule has 0 radical (unpaired) electrons. The molecular weight excluding hydrogens is 240 g/mol. The van der Waals surface area contributed by atoms with E-state index in [4.69, 9.17) is 4.74 Å². The molecule has 1 aromatic rings. The zero-order chi connectivity index (χ0) is 13.5. The van der Waals surface area contributed by atoms with Crippen molar-refractivity contribution in [1.29, 1.82) is 0 Å². The van der Waals surface area contributed by atoms with Gasteiger partial charge in [0, 0.05) is 24.4 Å². The van der Waals surface area contributed by atoms with Crippen molar-refractivity contribution in [3.8, 4) is 0 Å². The number of carbonyl (C=O) groups excluding carboxylic acids is 1. The fraction of sp³-hybridized carbons (Fsp3) is 0.533. The highest BCUT2D eigenvalue weighted by Crippen LogP contribution is 2.18. The summed E-state index contributed by atoms with van der Waals surface area (Å²) in [7, 11) is 1.65. The second kappa shape index (κ2) is 7.26. The first-order valence-corrected chi connectivity index (χ1v) is 6.89. The van der Waals surface area contributed by atoms with E-state index in [1.54, 1.807) is 7.11 Å². The molecule has 0 aromatic heterocycles. The molecule has 2 rings (SSSR count). The van der Waals surface area contributed by atoms with Crippen molar-refractivity contribution in [3.63, 3.8) is 0 Å². The lowest BCUT2D eigenvalue weighted by Crippen LogP contribution is -2.34. The summed E-state index contributed by atoms with van der Waals surface area (Å²) in [6.07, 6.45) is 4.92. The predicted molar refractivity (Wildman–Crippen MR) is 76.0 cm³/mol. The van der Waals surface area contributed by atoms with Gasteiger partial charge in [0.15, 0.2) is 0 Å². The molecule has 0 spiro atoms. The minimum Gasteiger partial charge on any atom is -0.380 e. The Bertz CT molecular complexity index is 414. The third kappa shape index (κ3) is 4.33. The van der Waals surface area contributed by atoms with Crippen LogP contribution < -0.4 is 10.6 Å². The Hall–Kier alpha value is -1.39. The van der Waals surface area contributed by atoms with Crippen LogP contribution in [0.5, 0.6) is 0 Å². The number of anilines is 1. The number of hydrogen-bond acceptors (Lipinski definition) is 3. The molecule has 0 saturated heterocycles. The molecule has 0 heterocycles. The standard InChI is InChI=1S/C15H22N2O2/c1-19-11-12-6-2-5-9-14(12)17-15(18)10-16-13-7-3-4-8-13/h2,5-6,9,13,16H,3-4,7-8,10-11H2,1H3,(H,17,18). The number of amides is 1. The van der Waals surface area contributed by atoms with Gasteiger partial charge in [0.2, 0.25) is 5.91 Å². The van der Waals surface area contributed by atoms with E-state index in [2.05, 4.69) is 10.6 Å². The predicted octanol–water partition coefficient (Wildman–Crippen LogP) is 2.30. The van der Waals surface area contributed by atoms with Crippen molar-refractivity contribution < 1.29 is 9.53 Å². The monoisotopic (exact) mass is 262 g/mol. The van der Waals surface area contributed by atoms with Crippen LogP contribution in [0, 0.1) is 0 Å². The van der Waals surface area contributed by atoms with Gasteiger partial charge >= 0.3 is 0 Å². The topological polar surface area (TPSA) is 50.4 Å². The van der Waals surface area contributed by atoms with Crippen LogP contribution in [0.15, 0.2) is 24.3 Å². The highest BCUT2D eigenvalue weighted by Gasteiger charge is 2.15. The fourth-order valence-electron chi connectivity index (χ4n) is 2.48. The average molecular weight is 262 g/mol. The van der Waals surface area contributed by atoms with Crippen LogP contribution in [0.4, 0.5) is 5.69 Å². The number of rotatable bonds is 6. The summed E-state index contributed by atoms with van der Waals surface area (Å²) >= 11 is 0. The lowest BCUT2D eigenvalue weighted by molar-refractivity contribution is -0.115. The molecule has 1 aliphatic rings. The maximum Gasteiger partial charge on any atom is 0.238 e. The molecule has 1 amide bonds. The normalized spacial score (nSPS) is 15.6. The second-order valence-electron chi connectivity index (χ2n) is 5.00. The maximum atomic E-state index is 11.9. The van der Waals surface area contributed by atoms with Crippen molar-refractivity contribution in [1.82, 2.24) is 5.32 Å². The molecule has 0 atom stereocenters. The molecule has 1 fully saturated rings. The molecular formula is C15H22N2O2. The van der Waals surface area contributed by atoms with E-state index in [9.17, 15) is 4.79 Å². The van der Waals surface area contributed by atoms with E-state index in [0.29, 0.717) is 19.2 Å². The maximum absolute atomic E-state index is 11.9. The Balaban J connectivity index is 1.83. The van der Waals surface area contributed by atoms with E-state index < -0.39 is 0 Å². The Labute approximate surface area is 114 Å². The van der Waals surface area contributed by atoms with Crippen LogP contribution in [0.25, 0.3) is 0 Å². The first-order chi connectivity index (χ1) is 9.29. The zero-order valence-corrected chi connectivity index (χ0v) is 11.4. The van der Waals surface area contributed by atoms with Crippen molar-refractivity contribution in [2.75, 3.05) is 19.0 Å². The van der Waals surface area contributed by atoms with Gasteiger partial charge in [-0.2, -0.15) is 0 Å². The van der Waals surface area contributed by atoms with Crippen molar-refractivity contribution in [3.05, 3.63) is 29.8 Å². The van der Waals surface area contributed by atoms with E-state index in [1.807, 2.05) is 24.3 Å². The van der Waals surface area contributed by atoms with Crippen molar-refractivity contribution >= 4 is 11.6 Å². The molecule has 0 bridgehead atoms. The Morgan fingerprint density at radius 1 is 1.32 bits per heavy atom. The minimum atomic E-state index is 0.00968. The van der Waals surface area contributed by atoms with E-state index in [-0.39, 0.29) is 5.91 Å². The summed E-state index contributed by atoms with van der Waals surface area (Å²) in [6, 6.07) is 8.24. The number of carbonyl (C=O) groups is 1. The molecule has 19 heavy (non-hydrogen) atoms. The summed E-state index contributed by atoms with van der Waals surface area (Å²) in [6.45, 7) is 0.887. The Morgan fingerprint density at radius 2 is 2.05 bits per heavy atom. The summed E-state index contributed by atoms with van der Waals surface area (Å²) in [5, 5.41) is 6.25. The quantitative estimate of drug-likeness (QED) is 0.827. The molecule has 1 aliphatic carbocycles. The summed E-state index contributed by atoms with van der Waals surface area (Å²) < 4.78 is 5.12. The molecule has 0 unspecified atom stereocenters. The van der Waals surface area contributed by atoms with E-state index in [0.717, 1.165) is 11.3 Å². The van der Waals surface area contributed by atoms with Crippen LogP contribution in [0.3, 0.4) is 0 Å². The van der Waals surface area contributed by atoms with Crippen molar-refractivity contribution in [2.45, 2.75) is 38.3 Å². The largest absolute Gasteiger partial charge is 0.380 e. The lowest BCUT2D eigenvalue weighted by atomic mass is 10.2. The van der Waals surface area contributed by atoms with Gasteiger partial charge in [-0.1, -0.05) is 31.0 Å². The average Bonchev–Trinajstić information content (AvgIpc) is 2.92. The van der Waals surface area contributed by atoms with Gasteiger partial charge in [0.1, 0.15) is 0 Å². The summed E-state index contributed by atoms with van der Waals surface area (Å²) in [5.74, 6) is 0.00968. The fourth-order valence-corrected chi connectivity index (χ4v) is 2.48. The first kappa shape index (κ1) is 14.0. The minimum absolute atomic E-state index is 0.00968. The Kier molecular flexibility index (Phi) is 5.36. The van der Waals surface area contributed by atoms with Crippen molar-refractivity contribution in [2.24, 2.45) is 0 Å². The van der Waals surface area contributed by atoms with Crippen LogP contribution in [0.1, 0.15) is 31.2 Å². The number of methoxy groups -OCH3 is 1. The molecule has 4 nitrogen and oxygen atoms in total. The van der Waals surface area contributed by atoms with Gasteiger partial charge in [0.25, 0.3) is 0 Å². The number of hydrogen-bond donors (Lipinski definition) is 2. The van der Waals surface area contributed by atoms with E-state index >= 15 is 0 Å². The van der Waals surface area contributed by atoms with Gasteiger partial charge in [-0.05, 0) is 18.9 Å². The van der Waals surface area contributed by atoms with Gasteiger partial charge in [-0.3, -0.25) is 4.79 Å². The summed E-state index contributed by atoms with van der Waals surface area (Å²) in [5.41, 5.74) is 1.83. The van der Waals surface area contributed by atoms with Crippen LogP contribution in [-0.4, -0.2) is 25.6 Å². The molecule has 1 saturated carbocycles. The molecule has 4 heteroatoms.